The summed E-state index contributed by atoms with van der Waals surface area (Å²) in [4.78, 5) is 20.9. The molecular weight excluding hydrogens is 302 g/mol. The van der Waals surface area contributed by atoms with Crippen molar-refractivity contribution in [2.24, 2.45) is 0 Å². The Bertz CT molecular complexity index is 688. The summed E-state index contributed by atoms with van der Waals surface area (Å²) in [5, 5.41) is 3.01. The number of rotatable bonds is 4. The Labute approximate surface area is 143 Å². The van der Waals surface area contributed by atoms with Gasteiger partial charge in [0.1, 0.15) is 5.82 Å². The fourth-order valence-corrected chi connectivity index (χ4v) is 2.97. The van der Waals surface area contributed by atoms with Gasteiger partial charge in [-0.15, -0.1) is 0 Å². The predicted octanol–water partition coefficient (Wildman–Crippen LogP) is 2.35. The molecule has 0 aliphatic carbocycles. The maximum atomic E-state index is 12.4. The van der Waals surface area contributed by atoms with Crippen molar-refractivity contribution in [1.29, 1.82) is 0 Å². The number of hydrogen-bond acceptors (Lipinski definition) is 3. The van der Waals surface area contributed by atoms with Crippen LogP contribution in [0.15, 0.2) is 36.7 Å². The number of benzene rings is 1. The second kappa shape index (κ2) is 7.49. The first-order valence-corrected chi connectivity index (χ1v) is 8.45. The molecule has 0 atom stereocenters. The highest BCUT2D eigenvalue weighted by Crippen LogP contribution is 2.14. The van der Waals surface area contributed by atoms with Crippen molar-refractivity contribution in [3.8, 4) is 0 Å². The minimum atomic E-state index is -0.00518. The van der Waals surface area contributed by atoms with E-state index < -0.39 is 0 Å². The molecule has 2 heterocycles. The van der Waals surface area contributed by atoms with Crippen LogP contribution in [0.25, 0.3) is 0 Å². The molecular formula is C18H25N5O. The Balaban J connectivity index is 1.45. The van der Waals surface area contributed by atoms with E-state index >= 15 is 0 Å². The number of para-hydroxylation sites is 1. The summed E-state index contributed by atoms with van der Waals surface area (Å²) in [6, 6.07) is 7.86. The summed E-state index contributed by atoms with van der Waals surface area (Å²) in [5.74, 6) is 1.05. The normalized spacial score (nSPS) is 15.5. The van der Waals surface area contributed by atoms with Crippen LogP contribution in [-0.2, 0) is 6.54 Å². The fraction of sp³-hybridized carbons (Fsp3) is 0.444. The molecule has 0 saturated carbocycles. The third kappa shape index (κ3) is 3.94. The molecule has 1 saturated heterocycles. The Morgan fingerprint density at radius 1 is 1.12 bits per heavy atom. The van der Waals surface area contributed by atoms with Crippen LogP contribution in [-0.4, -0.2) is 58.1 Å². The molecule has 1 aliphatic rings. The minimum absolute atomic E-state index is 0.00518. The van der Waals surface area contributed by atoms with Gasteiger partial charge >= 0.3 is 6.03 Å². The molecule has 0 radical (unpaired) electrons. The van der Waals surface area contributed by atoms with Crippen molar-refractivity contribution in [2.45, 2.75) is 20.4 Å². The summed E-state index contributed by atoms with van der Waals surface area (Å²) in [5.41, 5.74) is 1.97. The van der Waals surface area contributed by atoms with E-state index in [1.165, 1.54) is 0 Å². The third-order valence-corrected chi connectivity index (χ3v) is 4.63. The lowest BCUT2D eigenvalue weighted by atomic mass is 10.2. The van der Waals surface area contributed by atoms with Crippen molar-refractivity contribution in [2.75, 3.05) is 38.0 Å². The number of nitrogens with one attached hydrogen (secondary N) is 1. The van der Waals surface area contributed by atoms with E-state index in [1.807, 2.05) is 55.4 Å². The lowest BCUT2D eigenvalue weighted by Crippen LogP contribution is -2.50. The first-order valence-electron chi connectivity index (χ1n) is 8.45. The zero-order valence-electron chi connectivity index (χ0n) is 14.4. The van der Waals surface area contributed by atoms with Crippen LogP contribution in [0.4, 0.5) is 10.5 Å². The topological polar surface area (TPSA) is 53.4 Å². The van der Waals surface area contributed by atoms with Gasteiger partial charge in [-0.2, -0.15) is 0 Å². The van der Waals surface area contributed by atoms with Gasteiger partial charge in [0, 0.05) is 57.3 Å². The van der Waals surface area contributed by atoms with Crippen LogP contribution < -0.4 is 5.32 Å². The Hall–Kier alpha value is -2.34. The quantitative estimate of drug-likeness (QED) is 0.938. The molecule has 1 aromatic heterocycles. The lowest BCUT2D eigenvalue weighted by Gasteiger charge is -2.34. The van der Waals surface area contributed by atoms with Crippen molar-refractivity contribution in [1.82, 2.24) is 19.4 Å². The molecule has 0 spiro atoms. The van der Waals surface area contributed by atoms with Crippen molar-refractivity contribution < 1.29 is 4.79 Å². The summed E-state index contributed by atoms with van der Waals surface area (Å²) in [6.07, 6.45) is 3.85. The van der Waals surface area contributed by atoms with Gasteiger partial charge in [-0.1, -0.05) is 18.2 Å². The highest BCUT2D eigenvalue weighted by atomic mass is 16.2. The van der Waals surface area contributed by atoms with Gasteiger partial charge in [-0.05, 0) is 25.5 Å². The number of piperazine rings is 1. The molecule has 1 N–H and O–H groups in total. The number of hydrogen-bond donors (Lipinski definition) is 1. The SMILES string of the molecule is Cc1ccccc1NC(=O)N1CCN(CCn2ccnc2C)CC1. The number of aromatic nitrogens is 2. The number of nitrogens with zero attached hydrogens (tertiary/aromatic N) is 4. The smallest absolute Gasteiger partial charge is 0.321 e. The molecule has 2 aromatic rings. The molecule has 6 nitrogen and oxygen atoms in total. The number of urea groups is 1. The van der Waals surface area contributed by atoms with E-state index in [2.05, 4.69) is 19.8 Å². The zero-order valence-corrected chi connectivity index (χ0v) is 14.4. The van der Waals surface area contributed by atoms with Crippen molar-refractivity contribution in [3.05, 3.63) is 48.0 Å². The van der Waals surface area contributed by atoms with E-state index in [9.17, 15) is 4.79 Å². The highest BCUT2D eigenvalue weighted by Gasteiger charge is 2.21. The minimum Gasteiger partial charge on any atom is -0.334 e. The van der Waals surface area contributed by atoms with E-state index in [1.54, 1.807) is 0 Å². The van der Waals surface area contributed by atoms with Crippen molar-refractivity contribution in [3.63, 3.8) is 0 Å². The van der Waals surface area contributed by atoms with Crippen LogP contribution >= 0.6 is 0 Å². The molecule has 128 valence electrons. The number of carbonyl (C=O) groups excluding carboxylic acids is 1. The standard InChI is InChI=1S/C18H25N5O/c1-15-5-3-4-6-17(15)20-18(24)23-13-10-21(11-14-23)9-12-22-8-7-19-16(22)2/h3-8H,9-14H2,1-2H3,(H,20,24). The molecule has 6 heteroatoms. The summed E-state index contributed by atoms with van der Waals surface area (Å²) >= 11 is 0. The Kier molecular flexibility index (Phi) is 5.15. The van der Waals surface area contributed by atoms with Crippen molar-refractivity contribution >= 4 is 11.7 Å². The number of imidazole rings is 1. The average molecular weight is 327 g/mol. The first-order chi connectivity index (χ1) is 11.6. The van der Waals surface area contributed by atoms with Gasteiger partial charge < -0.3 is 14.8 Å². The van der Waals surface area contributed by atoms with Gasteiger partial charge in [-0.3, -0.25) is 4.90 Å². The maximum Gasteiger partial charge on any atom is 0.321 e. The van der Waals surface area contributed by atoms with E-state index in [0.29, 0.717) is 0 Å². The first kappa shape index (κ1) is 16.5. The van der Waals surface area contributed by atoms with Crippen LogP contribution in [0.2, 0.25) is 0 Å². The number of anilines is 1. The largest absolute Gasteiger partial charge is 0.334 e. The Morgan fingerprint density at radius 3 is 2.54 bits per heavy atom. The molecule has 24 heavy (non-hydrogen) atoms. The van der Waals surface area contributed by atoms with Crippen LogP contribution in [0.3, 0.4) is 0 Å². The van der Waals surface area contributed by atoms with Gasteiger partial charge in [0.15, 0.2) is 0 Å². The second-order valence-electron chi connectivity index (χ2n) is 6.24. The molecule has 1 fully saturated rings. The molecule has 2 amide bonds. The van der Waals surface area contributed by atoms with E-state index in [4.69, 9.17) is 0 Å². The van der Waals surface area contributed by atoms with Gasteiger partial charge in [0.05, 0.1) is 0 Å². The van der Waals surface area contributed by atoms with Crippen LogP contribution in [0.1, 0.15) is 11.4 Å². The lowest BCUT2D eigenvalue weighted by molar-refractivity contribution is 0.144. The maximum absolute atomic E-state index is 12.4. The highest BCUT2D eigenvalue weighted by molar-refractivity contribution is 5.90. The predicted molar refractivity (Wildman–Crippen MR) is 95.2 cm³/mol. The molecule has 1 aromatic carbocycles. The molecule has 0 bridgehead atoms. The third-order valence-electron chi connectivity index (χ3n) is 4.63. The average Bonchev–Trinajstić information content (AvgIpc) is 3.00. The monoisotopic (exact) mass is 327 g/mol. The van der Waals surface area contributed by atoms with Crippen LogP contribution in [0, 0.1) is 13.8 Å². The molecule has 1 aliphatic heterocycles. The van der Waals surface area contributed by atoms with E-state index in [0.717, 1.165) is 56.3 Å². The van der Waals surface area contributed by atoms with Crippen LogP contribution in [0.5, 0.6) is 0 Å². The second-order valence-corrected chi connectivity index (χ2v) is 6.24. The number of carbonyl (C=O) groups is 1. The molecule has 0 unspecified atom stereocenters. The summed E-state index contributed by atoms with van der Waals surface area (Å²) in [7, 11) is 0. The van der Waals surface area contributed by atoms with Gasteiger partial charge in [0.2, 0.25) is 0 Å². The summed E-state index contributed by atoms with van der Waals surface area (Å²) < 4.78 is 2.16. The number of aryl methyl sites for hydroxylation is 2. The fourth-order valence-electron chi connectivity index (χ4n) is 2.97. The Morgan fingerprint density at radius 2 is 1.88 bits per heavy atom. The summed E-state index contributed by atoms with van der Waals surface area (Å²) in [6.45, 7) is 9.32. The van der Waals surface area contributed by atoms with Gasteiger partial charge in [0.25, 0.3) is 0 Å². The van der Waals surface area contributed by atoms with E-state index in [-0.39, 0.29) is 6.03 Å². The molecule has 3 rings (SSSR count). The zero-order chi connectivity index (χ0) is 16.9. The van der Waals surface area contributed by atoms with Gasteiger partial charge in [-0.25, -0.2) is 9.78 Å². The number of amides is 2.